The van der Waals surface area contributed by atoms with Gasteiger partial charge < -0.3 is 19.1 Å². The van der Waals surface area contributed by atoms with Gasteiger partial charge in [-0.2, -0.15) is 0 Å². The van der Waals surface area contributed by atoms with Crippen LogP contribution in [0.3, 0.4) is 0 Å². The van der Waals surface area contributed by atoms with Crippen molar-refractivity contribution in [1.82, 2.24) is 20.0 Å². The Morgan fingerprint density at radius 3 is 2.93 bits per heavy atom. The smallest absolute Gasteiger partial charge is 0.254 e. The lowest BCUT2D eigenvalue weighted by Gasteiger charge is -2.17. The van der Waals surface area contributed by atoms with E-state index in [1.54, 1.807) is 11.0 Å². The number of carbonyl (C=O) groups is 1. The molecule has 3 heterocycles. The number of hydrogen-bond acceptors (Lipinski definition) is 7. The van der Waals surface area contributed by atoms with Crippen molar-refractivity contribution in [1.29, 1.82) is 0 Å². The zero-order valence-corrected chi connectivity index (χ0v) is 16.8. The third-order valence-electron chi connectivity index (χ3n) is 4.61. The fourth-order valence-electron chi connectivity index (χ4n) is 3.21. The maximum atomic E-state index is 12.6. The fraction of sp³-hybridized carbons (Fsp3) is 0.579. The van der Waals surface area contributed by atoms with Crippen LogP contribution in [0.15, 0.2) is 21.5 Å². The Kier molecular flexibility index (Phi) is 6.01. The highest BCUT2D eigenvalue weighted by Gasteiger charge is 2.28. The maximum absolute atomic E-state index is 12.6. The van der Waals surface area contributed by atoms with E-state index in [9.17, 15) is 9.59 Å². The van der Waals surface area contributed by atoms with E-state index < -0.39 is 0 Å². The molecule has 1 atom stereocenters. The third-order valence-corrected chi connectivity index (χ3v) is 4.61. The van der Waals surface area contributed by atoms with Crippen LogP contribution in [0.5, 0.6) is 5.88 Å². The Bertz CT molecular complexity index is 873. The molecule has 1 unspecified atom stereocenters. The lowest BCUT2D eigenvalue weighted by molar-refractivity contribution is -0.130. The van der Waals surface area contributed by atoms with Crippen LogP contribution in [0.1, 0.15) is 44.1 Å². The predicted molar refractivity (Wildman–Crippen MR) is 104 cm³/mol. The average molecular weight is 389 g/mol. The summed E-state index contributed by atoms with van der Waals surface area (Å²) in [6.07, 6.45) is 1.63. The summed E-state index contributed by atoms with van der Waals surface area (Å²) in [5.74, 6) is 1.73. The number of aromatic amines is 1. The van der Waals surface area contributed by atoms with Gasteiger partial charge in [0, 0.05) is 58.1 Å². The number of ether oxygens (including phenoxy) is 1. The quantitative estimate of drug-likeness (QED) is 0.766. The minimum absolute atomic E-state index is 0.0213. The largest absolute Gasteiger partial charge is 0.473 e. The molecule has 2 aromatic rings. The minimum atomic E-state index is -0.178. The molecule has 1 aliphatic rings. The molecule has 2 aromatic heterocycles. The van der Waals surface area contributed by atoms with E-state index >= 15 is 0 Å². The van der Waals surface area contributed by atoms with Gasteiger partial charge in [0.05, 0.1) is 11.8 Å². The number of likely N-dealkylation sites (tertiary alicyclic amines) is 1. The monoisotopic (exact) mass is 389 g/mol. The number of hydrogen-bond donors (Lipinski definition) is 1. The number of anilines is 1. The summed E-state index contributed by atoms with van der Waals surface area (Å²) in [5, 5.41) is 3.85. The highest BCUT2D eigenvalue weighted by molar-refractivity contribution is 5.76. The molecule has 1 saturated heterocycles. The summed E-state index contributed by atoms with van der Waals surface area (Å²) in [7, 11) is 3.65. The summed E-state index contributed by atoms with van der Waals surface area (Å²) in [4.78, 5) is 35.3. The van der Waals surface area contributed by atoms with E-state index in [1.165, 1.54) is 6.07 Å². The molecule has 152 valence electrons. The summed E-state index contributed by atoms with van der Waals surface area (Å²) in [6.45, 7) is 5.06. The van der Waals surface area contributed by atoms with Crippen LogP contribution in [-0.4, -0.2) is 59.2 Å². The van der Waals surface area contributed by atoms with Gasteiger partial charge in [-0.15, -0.1) is 0 Å². The van der Waals surface area contributed by atoms with Crippen molar-refractivity contribution < 1.29 is 14.1 Å². The van der Waals surface area contributed by atoms with Gasteiger partial charge in [-0.25, -0.2) is 4.98 Å². The number of aryl methyl sites for hydroxylation is 1. The Morgan fingerprint density at radius 2 is 2.21 bits per heavy atom. The van der Waals surface area contributed by atoms with Crippen molar-refractivity contribution in [3.8, 4) is 5.88 Å². The molecule has 28 heavy (non-hydrogen) atoms. The molecule has 0 saturated carbocycles. The average Bonchev–Trinajstić information content (AvgIpc) is 3.28. The molecule has 0 radical (unpaired) electrons. The number of carbonyl (C=O) groups excluding carboxylic acids is 1. The molecular weight excluding hydrogens is 362 g/mol. The van der Waals surface area contributed by atoms with Crippen LogP contribution in [0.25, 0.3) is 0 Å². The Balaban J connectivity index is 1.56. The Labute approximate surface area is 163 Å². The highest BCUT2D eigenvalue weighted by atomic mass is 16.5. The van der Waals surface area contributed by atoms with Gasteiger partial charge in [-0.3, -0.25) is 14.6 Å². The van der Waals surface area contributed by atoms with Crippen molar-refractivity contribution in [3.63, 3.8) is 0 Å². The topological polar surface area (TPSA) is 105 Å². The molecule has 1 fully saturated rings. The van der Waals surface area contributed by atoms with Crippen LogP contribution < -0.4 is 15.2 Å². The maximum Gasteiger partial charge on any atom is 0.254 e. The number of nitrogens with one attached hydrogen (secondary N) is 1. The summed E-state index contributed by atoms with van der Waals surface area (Å²) in [6, 6.07) is 3.25. The van der Waals surface area contributed by atoms with Crippen LogP contribution in [0.2, 0.25) is 0 Å². The Hall–Kier alpha value is -2.84. The first-order chi connectivity index (χ1) is 13.3. The van der Waals surface area contributed by atoms with Crippen molar-refractivity contribution in [2.45, 2.75) is 45.1 Å². The van der Waals surface area contributed by atoms with Gasteiger partial charge in [-0.1, -0.05) is 0 Å². The van der Waals surface area contributed by atoms with Gasteiger partial charge in [0.2, 0.25) is 11.9 Å². The minimum Gasteiger partial charge on any atom is -0.473 e. The third kappa shape index (κ3) is 4.90. The second kappa shape index (κ2) is 8.45. The SMILES string of the molecule is CC(C)Oc1cc(CCC(=O)N2CCC(c3cc(=O)[nH]c(N(C)C)n3)C2)on1. The molecule has 9 heteroatoms. The Morgan fingerprint density at radius 1 is 1.43 bits per heavy atom. The number of nitrogens with zero attached hydrogens (tertiary/aromatic N) is 4. The molecule has 0 spiro atoms. The van der Waals surface area contributed by atoms with E-state index in [1.807, 2.05) is 32.8 Å². The van der Waals surface area contributed by atoms with E-state index in [0.29, 0.717) is 43.5 Å². The molecule has 0 bridgehead atoms. The van der Waals surface area contributed by atoms with E-state index in [-0.39, 0.29) is 23.5 Å². The van der Waals surface area contributed by atoms with E-state index in [0.717, 1.165) is 12.1 Å². The predicted octanol–water partition coefficient (Wildman–Crippen LogP) is 1.56. The van der Waals surface area contributed by atoms with Crippen LogP contribution >= 0.6 is 0 Å². The zero-order chi connectivity index (χ0) is 20.3. The molecular formula is C19H27N5O4. The second-order valence-electron chi connectivity index (χ2n) is 7.51. The first kappa shape index (κ1) is 19.9. The molecule has 1 amide bonds. The number of aromatic nitrogens is 3. The number of amides is 1. The van der Waals surface area contributed by atoms with Crippen molar-refractivity contribution in [2.75, 3.05) is 32.1 Å². The highest BCUT2D eigenvalue weighted by Crippen LogP contribution is 2.26. The van der Waals surface area contributed by atoms with Crippen molar-refractivity contribution >= 4 is 11.9 Å². The molecule has 0 aromatic carbocycles. The van der Waals surface area contributed by atoms with Crippen LogP contribution in [0.4, 0.5) is 5.95 Å². The van der Waals surface area contributed by atoms with Crippen LogP contribution in [-0.2, 0) is 11.2 Å². The van der Waals surface area contributed by atoms with Crippen molar-refractivity contribution in [2.24, 2.45) is 0 Å². The number of rotatable bonds is 7. The van der Waals surface area contributed by atoms with Gasteiger partial charge in [-0.05, 0) is 25.4 Å². The normalized spacial score (nSPS) is 16.6. The van der Waals surface area contributed by atoms with Gasteiger partial charge >= 0.3 is 0 Å². The standard InChI is InChI=1S/C19H27N5O4/c1-12(2)27-17-9-14(28-22-17)5-6-18(26)24-8-7-13(11-24)15-10-16(25)21-19(20-15)23(3)4/h9-10,12-13H,5-8,11H2,1-4H3,(H,20,21,25). The zero-order valence-electron chi connectivity index (χ0n) is 16.8. The van der Waals surface area contributed by atoms with Gasteiger partial charge in [0.1, 0.15) is 5.76 Å². The summed E-state index contributed by atoms with van der Waals surface area (Å²) < 4.78 is 10.7. The number of H-pyrrole nitrogens is 1. The van der Waals surface area contributed by atoms with E-state index in [2.05, 4.69) is 15.1 Å². The summed E-state index contributed by atoms with van der Waals surface area (Å²) in [5.41, 5.74) is 0.552. The van der Waals surface area contributed by atoms with Crippen molar-refractivity contribution in [3.05, 3.63) is 33.9 Å². The first-order valence-electron chi connectivity index (χ1n) is 9.50. The fourth-order valence-corrected chi connectivity index (χ4v) is 3.21. The van der Waals surface area contributed by atoms with E-state index in [4.69, 9.17) is 9.26 Å². The lowest BCUT2D eigenvalue weighted by atomic mass is 10.1. The van der Waals surface area contributed by atoms with Gasteiger partial charge in [0.25, 0.3) is 11.4 Å². The second-order valence-corrected chi connectivity index (χ2v) is 7.51. The molecule has 1 aliphatic heterocycles. The van der Waals surface area contributed by atoms with Gasteiger partial charge in [0.15, 0.2) is 0 Å². The summed E-state index contributed by atoms with van der Waals surface area (Å²) >= 11 is 0. The molecule has 3 rings (SSSR count). The molecule has 9 nitrogen and oxygen atoms in total. The first-order valence-corrected chi connectivity index (χ1v) is 9.50. The lowest BCUT2D eigenvalue weighted by Crippen LogP contribution is -2.29. The van der Waals surface area contributed by atoms with Crippen LogP contribution in [0, 0.1) is 0 Å². The molecule has 0 aliphatic carbocycles. The molecule has 1 N–H and O–H groups in total.